The second kappa shape index (κ2) is 5.85. The Bertz CT molecular complexity index is 793. The van der Waals surface area contributed by atoms with Crippen LogP contribution in [0, 0.1) is 0 Å². The summed E-state index contributed by atoms with van der Waals surface area (Å²) in [4.78, 5) is 12.1. The molecule has 3 aromatic rings. The lowest BCUT2D eigenvalue weighted by Crippen LogP contribution is -2.02. The first kappa shape index (κ1) is 14.1. The monoisotopic (exact) mass is 292 g/mol. The van der Waals surface area contributed by atoms with Crippen LogP contribution in [0.3, 0.4) is 0 Å². The van der Waals surface area contributed by atoms with Gasteiger partial charge in [0, 0.05) is 5.56 Å². The minimum atomic E-state index is -0.0714. The van der Waals surface area contributed by atoms with E-state index >= 15 is 0 Å². The minimum Gasteiger partial charge on any atom is -0.480 e. The molecule has 0 fully saturated rings. The van der Waals surface area contributed by atoms with E-state index in [1.165, 1.54) is 6.92 Å². The van der Waals surface area contributed by atoms with E-state index in [0.717, 1.165) is 11.3 Å². The number of methoxy groups -OCH3 is 1. The van der Waals surface area contributed by atoms with E-state index in [-0.39, 0.29) is 5.78 Å². The van der Waals surface area contributed by atoms with Crippen molar-refractivity contribution >= 4 is 5.78 Å². The van der Waals surface area contributed by atoms with Crippen molar-refractivity contribution < 1.29 is 9.53 Å². The van der Waals surface area contributed by atoms with Crippen molar-refractivity contribution in [3.8, 4) is 22.8 Å². The Kier molecular flexibility index (Phi) is 3.74. The third-order valence-corrected chi connectivity index (χ3v) is 3.44. The highest BCUT2D eigenvalue weighted by atomic mass is 16.5. The smallest absolute Gasteiger partial charge is 0.228 e. The highest BCUT2D eigenvalue weighted by Crippen LogP contribution is 2.32. The van der Waals surface area contributed by atoms with Crippen LogP contribution in [0.5, 0.6) is 5.88 Å². The summed E-state index contributed by atoms with van der Waals surface area (Å²) in [6.45, 7) is 1.53. The zero-order chi connectivity index (χ0) is 15.5. The van der Waals surface area contributed by atoms with Gasteiger partial charge in [0.05, 0.1) is 12.8 Å². The molecule has 0 aliphatic rings. The molecule has 22 heavy (non-hydrogen) atoms. The average Bonchev–Trinajstić information content (AvgIpc) is 2.96. The lowest BCUT2D eigenvalue weighted by atomic mass is 10.1. The van der Waals surface area contributed by atoms with Gasteiger partial charge in [-0.3, -0.25) is 4.79 Å². The molecule has 1 heterocycles. The largest absolute Gasteiger partial charge is 0.480 e. The van der Waals surface area contributed by atoms with E-state index < -0.39 is 0 Å². The summed E-state index contributed by atoms with van der Waals surface area (Å²) in [5.41, 5.74) is 2.87. The van der Waals surface area contributed by atoms with Crippen LogP contribution in [0.1, 0.15) is 17.3 Å². The maximum Gasteiger partial charge on any atom is 0.228 e. The van der Waals surface area contributed by atoms with Gasteiger partial charge in [-0.1, -0.05) is 48.5 Å². The fraction of sp³-hybridized carbons (Fsp3) is 0.111. The molecule has 2 aromatic carbocycles. The Balaban J connectivity index is 2.27. The molecule has 0 N–H and O–H groups in total. The number of nitrogens with zero attached hydrogens (tertiary/aromatic N) is 2. The van der Waals surface area contributed by atoms with E-state index in [2.05, 4.69) is 5.10 Å². The van der Waals surface area contributed by atoms with Crippen molar-refractivity contribution in [3.05, 3.63) is 66.2 Å². The van der Waals surface area contributed by atoms with Gasteiger partial charge in [0.2, 0.25) is 5.88 Å². The van der Waals surface area contributed by atoms with Gasteiger partial charge in [0.15, 0.2) is 5.78 Å². The van der Waals surface area contributed by atoms with E-state index in [9.17, 15) is 4.79 Å². The number of rotatable bonds is 4. The number of para-hydroxylation sites is 1. The topological polar surface area (TPSA) is 44.1 Å². The molecule has 0 unspecified atom stereocenters. The Morgan fingerprint density at radius 2 is 1.59 bits per heavy atom. The normalized spacial score (nSPS) is 10.5. The molecule has 0 spiro atoms. The number of carbonyl (C=O) groups is 1. The first-order valence-electron chi connectivity index (χ1n) is 7.01. The number of ketones is 1. The van der Waals surface area contributed by atoms with Crippen molar-refractivity contribution in [2.24, 2.45) is 0 Å². The Labute approximate surface area is 129 Å². The van der Waals surface area contributed by atoms with Crippen LogP contribution in [0.4, 0.5) is 0 Å². The van der Waals surface area contributed by atoms with Crippen LogP contribution < -0.4 is 4.74 Å². The number of aromatic nitrogens is 2. The highest BCUT2D eigenvalue weighted by molar-refractivity contribution is 6.02. The first-order chi connectivity index (χ1) is 10.7. The summed E-state index contributed by atoms with van der Waals surface area (Å²) >= 11 is 0. The van der Waals surface area contributed by atoms with Gasteiger partial charge in [-0.2, -0.15) is 9.78 Å². The van der Waals surface area contributed by atoms with Crippen LogP contribution in [0.25, 0.3) is 16.9 Å². The highest BCUT2D eigenvalue weighted by Gasteiger charge is 2.23. The van der Waals surface area contributed by atoms with Crippen LogP contribution in [-0.2, 0) is 0 Å². The van der Waals surface area contributed by atoms with Gasteiger partial charge in [-0.25, -0.2) is 0 Å². The molecule has 0 aliphatic heterocycles. The van der Waals surface area contributed by atoms with Gasteiger partial charge in [0.1, 0.15) is 11.3 Å². The van der Waals surface area contributed by atoms with Gasteiger partial charge >= 0.3 is 0 Å². The molecule has 0 bridgehead atoms. The Morgan fingerprint density at radius 1 is 1.00 bits per heavy atom. The Morgan fingerprint density at radius 3 is 2.14 bits per heavy atom. The summed E-state index contributed by atoms with van der Waals surface area (Å²) in [5.74, 6) is 0.385. The molecule has 1 aromatic heterocycles. The minimum absolute atomic E-state index is 0.0714. The fourth-order valence-corrected chi connectivity index (χ4v) is 2.45. The molecular formula is C18H16N2O2. The lowest BCUT2D eigenvalue weighted by molar-refractivity contribution is 0.101. The fourth-order valence-electron chi connectivity index (χ4n) is 2.45. The lowest BCUT2D eigenvalue weighted by Gasteiger charge is -2.06. The molecule has 0 atom stereocenters. The van der Waals surface area contributed by atoms with E-state index in [4.69, 9.17) is 4.74 Å². The van der Waals surface area contributed by atoms with Crippen molar-refractivity contribution in [3.63, 3.8) is 0 Å². The third kappa shape index (κ3) is 2.39. The standard InChI is InChI=1S/C18H16N2O2/c1-13(21)16-17(14-9-5-3-6-10-14)19-20(18(16)22-2)15-11-7-4-8-12-15/h3-12H,1-2H3. The summed E-state index contributed by atoms with van der Waals surface area (Å²) in [5, 5.41) is 4.61. The molecular weight excluding hydrogens is 276 g/mol. The SMILES string of the molecule is COc1c(C(C)=O)c(-c2ccccc2)nn1-c1ccccc1. The van der Waals surface area contributed by atoms with Gasteiger partial charge in [0.25, 0.3) is 0 Å². The van der Waals surface area contributed by atoms with Crippen LogP contribution >= 0.6 is 0 Å². The molecule has 0 aliphatic carbocycles. The molecule has 4 heteroatoms. The molecule has 4 nitrogen and oxygen atoms in total. The van der Waals surface area contributed by atoms with Gasteiger partial charge < -0.3 is 4.74 Å². The molecule has 3 rings (SSSR count). The molecule has 0 amide bonds. The predicted octanol–water partition coefficient (Wildman–Crippen LogP) is 3.75. The predicted molar refractivity (Wildman–Crippen MR) is 85.6 cm³/mol. The number of hydrogen-bond acceptors (Lipinski definition) is 3. The molecule has 0 saturated heterocycles. The van der Waals surface area contributed by atoms with Gasteiger partial charge in [-0.05, 0) is 19.1 Å². The van der Waals surface area contributed by atoms with Crippen LogP contribution in [0.15, 0.2) is 60.7 Å². The second-order valence-corrected chi connectivity index (χ2v) is 4.90. The van der Waals surface area contributed by atoms with Crippen molar-refractivity contribution in [2.75, 3.05) is 7.11 Å². The number of ether oxygens (including phenoxy) is 1. The number of carbonyl (C=O) groups excluding carboxylic acids is 1. The molecule has 0 radical (unpaired) electrons. The maximum absolute atomic E-state index is 12.1. The van der Waals surface area contributed by atoms with E-state index in [0.29, 0.717) is 17.1 Å². The van der Waals surface area contributed by atoms with E-state index in [1.807, 2.05) is 60.7 Å². The zero-order valence-electron chi connectivity index (χ0n) is 12.5. The summed E-state index contributed by atoms with van der Waals surface area (Å²) in [7, 11) is 1.55. The quantitative estimate of drug-likeness (QED) is 0.688. The van der Waals surface area contributed by atoms with E-state index in [1.54, 1.807) is 11.8 Å². The van der Waals surface area contributed by atoms with Gasteiger partial charge in [-0.15, -0.1) is 0 Å². The average molecular weight is 292 g/mol. The summed E-state index contributed by atoms with van der Waals surface area (Å²) in [6.07, 6.45) is 0. The first-order valence-corrected chi connectivity index (χ1v) is 7.01. The maximum atomic E-state index is 12.1. The number of hydrogen-bond donors (Lipinski definition) is 0. The number of benzene rings is 2. The van der Waals surface area contributed by atoms with Crippen LogP contribution in [-0.4, -0.2) is 22.7 Å². The second-order valence-electron chi connectivity index (χ2n) is 4.90. The summed E-state index contributed by atoms with van der Waals surface area (Å²) < 4.78 is 7.14. The Hall–Kier alpha value is -2.88. The van der Waals surface area contributed by atoms with Crippen molar-refractivity contribution in [1.82, 2.24) is 9.78 Å². The number of Topliss-reactive ketones (excluding diaryl/α,β-unsaturated/α-hetero) is 1. The van der Waals surface area contributed by atoms with Crippen molar-refractivity contribution in [1.29, 1.82) is 0 Å². The molecule has 110 valence electrons. The third-order valence-electron chi connectivity index (χ3n) is 3.44. The molecule has 0 saturated carbocycles. The summed E-state index contributed by atoms with van der Waals surface area (Å²) in [6, 6.07) is 19.3. The zero-order valence-corrected chi connectivity index (χ0v) is 12.5. The van der Waals surface area contributed by atoms with Crippen LogP contribution in [0.2, 0.25) is 0 Å². The van der Waals surface area contributed by atoms with Crippen molar-refractivity contribution in [2.45, 2.75) is 6.92 Å².